The molecule has 4 saturated heterocycles. The summed E-state index contributed by atoms with van der Waals surface area (Å²) in [7, 11) is 2.11. The molecule has 1 amide bonds. The number of aryl methyl sites for hydroxylation is 2. The number of pyridine rings is 1. The molecule has 16 nitrogen and oxygen atoms in total. The largest absolute Gasteiger partial charge is 0.508 e. The van der Waals surface area contributed by atoms with E-state index in [-0.39, 0.29) is 46.1 Å². The van der Waals surface area contributed by atoms with Crippen molar-refractivity contribution in [2.75, 3.05) is 70.9 Å². The third-order valence-corrected chi connectivity index (χ3v) is 14.7. The van der Waals surface area contributed by atoms with E-state index in [1.807, 2.05) is 56.4 Å². The standard InChI is InChI=1S/C51H58F4N12O4/c1-5-32-19-39(42(69)21-41(32)68)47-61-62-48(49(70)57-28-51(53,54)55)67(47)35-13-9-31(10-14-35)23-64-15-17-65(18-16-64)36-20-37(63(4)26-36)27-71-50-59-45-40(46(60-50)66-24-33-11-12-34(25-66)58-33)22-56-44(43(45)52)38-8-6-7-29(2)30(38)3/h6-10,13-14,19,21-22,33-34,36-37,58,68-69H,5,11-12,15-18,20,23-28H2,1-4H3,(H,57,70)/t33?,34?,36-,37-/m0/s1. The van der Waals surface area contributed by atoms with Crippen molar-refractivity contribution in [1.82, 2.24) is 55.0 Å². The van der Waals surface area contributed by atoms with E-state index in [4.69, 9.17) is 14.7 Å². The van der Waals surface area contributed by atoms with Crippen LogP contribution in [0.15, 0.2) is 60.8 Å². The van der Waals surface area contributed by atoms with Crippen molar-refractivity contribution in [2.45, 2.75) is 83.3 Å². The van der Waals surface area contributed by atoms with Gasteiger partial charge in [-0.1, -0.05) is 37.3 Å². The number of piperazine rings is 2. The first-order chi connectivity index (χ1) is 34.1. The number of anilines is 1. The Morgan fingerprint density at radius 3 is 2.39 bits per heavy atom. The Hall–Kier alpha value is -6.48. The van der Waals surface area contributed by atoms with E-state index >= 15 is 4.39 Å². The normalized spacial score (nSPS) is 21.1. The Balaban J connectivity index is 0.797. The third kappa shape index (κ3) is 9.94. The quantitative estimate of drug-likeness (QED) is 0.0969. The molecule has 4 aliphatic rings. The maximum Gasteiger partial charge on any atom is 0.405 e. The van der Waals surface area contributed by atoms with Gasteiger partial charge in [0.2, 0.25) is 5.82 Å². The zero-order valence-electron chi connectivity index (χ0n) is 40.2. The number of likely N-dealkylation sites (N-methyl/N-ethyl adjacent to an activating group) is 1. The number of likely N-dealkylation sites (tertiary alicyclic amines) is 1. The highest BCUT2D eigenvalue weighted by molar-refractivity contribution is 5.93. The molecular formula is C51H58F4N12O4. The van der Waals surface area contributed by atoms with Crippen LogP contribution in [0.4, 0.5) is 23.4 Å². The summed E-state index contributed by atoms with van der Waals surface area (Å²) in [6.45, 7) is 11.0. The number of rotatable bonds is 13. The number of aromatic nitrogens is 6. The van der Waals surface area contributed by atoms with Crippen LogP contribution in [0.5, 0.6) is 17.5 Å². The number of carbonyl (C=O) groups excluding carboxylic acids is 1. The highest BCUT2D eigenvalue weighted by atomic mass is 19.4. The van der Waals surface area contributed by atoms with Gasteiger partial charge in [0.15, 0.2) is 11.6 Å². The fraction of sp³-hybridized carbons (Fsp3) is 0.451. The number of phenolic OH excluding ortho intramolecular Hbond substituents is 2. The van der Waals surface area contributed by atoms with E-state index in [1.54, 1.807) is 18.3 Å². The predicted molar refractivity (Wildman–Crippen MR) is 259 cm³/mol. The SMILES string of the molecule is CCc1cc(-c2nnc(C(=O)NCC(F)(F)F)n2-c2ccc(CN3CCN([C@H]4C[C@@H](COc5nc(N6CC7CCC(C6)N7)c6cnc(-c7cccc(C)c7C)c(F)c6n5)N(C)C4)CC3)cc2)c(O)cc1O. The van der Waals surface area contributed by atoms with E-state index in [1.165, 1.54) is 10.6 Å². The molecule has 4 atom stereocenters. The lowest BCUT2D eigenvalue weighted by molar-refractivity contribution is -0.123. The predicted octanol–water partition coefficient (Wildman–Crippen LogP) is 6.17. The molecule has 0 aliphatic carbocycles. The van der Waals surface area contributed by atoms with Crippen LogP contribution in [0, 0.1) is 19.7 Å². The average Bonchev–Trinajstić information content (AvgIpc) is 4.06. The van der Waals surface area contributed by atoms with Crippen molar-refractivity contribution in [3.8, 4) is 45.8 Å². The van der Waals surface area contributed by atoms with E-state index in [9.17, 15) is 28.2 Å². The highest BCUT2D eigenvalue weighted by Crippen LogP contribution is 2.38. The smallest absolute Gasteiger partial charge is 0.405 e. The monoisotopic (exact) mass is 978 g/mol. The molecule has 2 unspecified atom stereocenters. The van der Waals surface area contributed by atoms with Gasteiger partial charge < -0.3 is 30.5 Å². The van der Waals surface area contributed by atoms with Gasteiger partial charge in [-0.25, -0.2) is 4.39 Å². The third-order valence-electron chi connectivity index (χ3n) is 14.7. The summed E-state index contributed by atoms with van der Waals surface area (Å²) < 4.78 is 63.7. The zero-order chi connectivity index (χ0) is 49.7. The molecule has 0 saturated carbocycles. The molecule has 10 rings (SSSR count). The molecule has 374 valence electrons. The number of hydrogen-bond acceptors (Lipinski definition) is 14. The Morgan fingerprint density at radius 1 is 0.930 bits per heavy atom. The second-order valence-corrected chi connectivity index (χ2v) is 19.4. The second-order valence-electron chi connectivity index (χ2n) is 19.4. The Labute approximate surface area is 408 Å². The van der Waals surface area contributed by atoms with Gasteiger partial charge in [-0.3, -0.25) is 29.0 Å². The number of aromatic hydroxyl groups is 2. The van der Waals surface area contributed by atoms with Crippen LogP contribution >= 0.6 is 0 Å². The van der Waals surface area contributed by atoms with Gasteiger partial charge >= 0.3 is 12.2 Å². The van der Waals surface area contributed by atoms with Crippen LogP contribution < -0.4 is 20.3 Å². The van der Waals surface area contributed by atoms with Gasteiger partial charge in [-0.2, -0.15) is 23.1 Å². The number of hydrogen-bond donors (Lipinski definition) is 4. The minimum absolute atomic E-state index is 0.0221. The average molecular weight is 979 g/mol. The van der Waals surface area contributed by atoms with E-state index in [2.05, 4.69) is 47.1 Å². The molecule has 3 aromatic carbocycles. The lowest BCUT2D eigenvalue weighted by Crippen LogP contribution is -2.51. The van der Waals surface area contributed by atoms with Crippen molar-refractivity contribution < 1.29 is 37.3 Å². The minimum Gasteiger partial charge on any atom is -0.508 e. The van der Waals surface area contributed by atoms with Crippen molar-refractivity contribution in [3.05, 3.63) is 94.7 Å². The molecule has 20 heteroatoms. The zero-order valence-corrected chi connectivity index (χ0v) is 40.2. The maximum atomic E-state index is 16.7. The first-order valence-corrected chi connectivity index (χ1v) is 24.3. The Kier molecular flexibility index (Phi) is 13.3. The Morgan fingerprint density at radius 2 is 1.68 bits per heavy atom. The molecule has 71 heavy (non-hydrogen) atoms. The second kappa shape index (κ2) is 19.6. The molecule has 4 fully saturated rings. The number of ether oxygens (including phenoxy) is 1. The Bertz CT molecular complexity index is 2930. The fourth-order valence-electron chi connectivity index (χ4n) is 10.7. The maximum absolute atomic E-state index is 16.7. The summed E-state index contributed by atoms with van der Waals surface area (Å²) >= 11 is 0. The van der Waals surface area contributed by atoms with Gasteiger partial charge in [0, 0.05) is 100 Å². The number of alkyl halides is 3. The number of fused-ring (bicyclic) bond motifs is 3. The van der Waals surface area contributed by atoms with Crippen LogP contribution in [0.1, 0.15) is 59.1 Å². The topological polar surface area (TPSA) is 173 Å². The van der Waals surface area contributed by atoms with Crippen molar-refractivity contribution in [2.24, 2.45) is 0 Å². The van der Waals surface area contributed by atoms with Crippen molar-refractivity contribution in [1.29, 1.82) is 0 Å². The first-order valence-electron chi connectivity index (χ1n) is 24.3. The summed E-state index contributed by atoms with van der Waals surface area (Å²) in [5.41, 5.74) is 5.26. The molecule has 2 bridgehead atoms. The number of nitrogens with one attached hydrogen (secondary N) is 2. The number of halogens is 4. The lowest BCUT2D eigenvalue weighted by atomic mass is 10.00. The van der Waals surface area contributed by atoms with Crippen LogP contribution in [-0.2, 0) is 13.0 Å². The van der Waals surface area contributed by atoms with Crippen LogP contribution in [0.25, 0.3) is 39.2 Å². The number of benzene rings is 3. The van der Waals surface area contributed by atoms with Crippen molar-refractivity contribution >= 4 is 22.6 Å². The van der Waals surface area contributed by atoms with E-state index in [0.29, 0.717) is 60.2 Å². The van der Waals surface area contributed by atoms with Gasteiger partial charge in [0.1, 0.15) is 41.7 Å². The van der Waals surface area contributed by atoms with Gasteiger partial charge in [-0.05, 0) is 87.0 Å². The fourth-order valence-corrected chi connectivity index (χ4v) is 10.7. The van der Waals surface area contributed by atoms with Gasteiger partial charge in [0.25, 0.3) is 5.91 Å². The summed E-state index contributed by atoms with van der Waals surface area (Å²) in [5, 5.41) is 35.3. The van der Waals surface area contributed by atoms with Crippen LogP contribution in [-0.4, -0.2) is 157 Å². The molecule has 6 aromatic rings. The number of nitrogens with zero attached hydrogens (tertiary/aromatic N) is 10. The molecule has 4 aliphatic heterocycles. The summed E-state index contributed by atoms with van der Waals surface area (Å²) in [4.78, 5) is 36.9. The van der Waals surface area contributed by atoms with E-state index < -0.39 is 30.3 Å². The molecule has 3 aromatic heterocycles. The molecule has 4 N–H and O–H groups in total. The molecular weight excluding hydrogens is 921 g/mol. The van der Waals surface area contributed by atoms with Gasteiger partial charge in [0.05, 0.1) is 10.9 Å². The first kappa shape index (κ1) is 48.2. The summed E-state index contributed by atoms with van der Waals surface area (Å²) in [6.07, 6.45) is 0.553. The van der Waals surface area contributed by atoms with Crippen LogP contribution in [0.3, 0.4) is 0 Å². The van der Waals surface area contributed by atoms with Crippen LogP contribution in [0.2, 0.25) is 0 Å². The molecule has 0 spiro atoms. The molecule has 0 radical (unpaired) electrons. The highest BCUT2D eigenvalue weighted by Gasteiger charge is 2.37. The minimum atomic E-state index is -4.65. The van der Waals surface area contributed by atoms with E-state index in [0.717, 1.165) is 93.4 Å². The van der Waals surface area contributed by atoms with Crippen molar-refractivity contribution in [3.63, 3.8) is 0 Å². The summed E-state index contributed by atoms with van der Waals surface area (Å²) in [5.74, 6) is -1.76. The number of phenols is 2. The lowest BCUT2D eigenvalue weighted by Gasteiger charge is -2.38. The number of amides is 1. The number of carbonyl (C=O) groups is 1. The summed E-state index contributed by atoms with van der Waals surface area (Å²) in [6, 6.07) is 17.0. The molecule has 7 heterocycles. The van der Waals surface area contributed by atoms with Gasteiger partial charge in [-0.15, -0.1) is 10.2 Å².